The van der Waals surface area contributed by atoms with E-state index in [1.54, 1.807) is 48.9 Å². The van der Waals surface area contributed by atoms with Crippen molar-refractivity contribution >= 4 is 33.3 Å². The van der Waals surface area contributed by atoms with Gasteiger partial charge < -0.3 is 9.15 Å². The summed E-state index contributed by atoms with van der Waals surface area (Å²) in [6, 6.07) is 14.2. The van der Waals surface area contributed by atoms with Gasteiger partial charge >= 0.3 is 5.63 Å². The monoisotopic (exact) mass is 392 g/mol. The molecule has 4 rings (SSSR count). The zero-order valence-corrected chi connectivity index (χ0v) is 16.0. The van der Waals surface area contributed by atoms with Gasteiger partial charge in [-0.2, -0.15) is 0 Å². The quantitative estimate of drug-likeness (QED) is 0.518. The summed E-state index contributed by atoms with van der Waals surface area (Å²) in [5, 5.41) is 5.61. The van der Waals surface area contributed by atoms with Crippen LogP contribution in [0, 0.1) is 6.92 Å². The molecular weight excluding hydrogens is 376 g/mol. The van der Waals surface area contributed by atoms with Crippen molar-refractivity contribution in [3.63, 3.8) is 0 Å². The van der Waals surface area contributed by atoms with Crippen molar-refractivity contribution < 1.29 is 13.9 Å². The first kappa shape index (κ1) is 17.9. The van der Waals surface area contributed by atoms with Crippen LogP contribution in [0.3, 0.4) is 0 Å². The second kappa shape index (κ2) is 7.28. The van der Waals surface area contributed by atoms with Crippen molar-refractivity contribution in [3.8, 4) is 17.0 Å². The number of nitrogens with one attached hydrogen (secondary N) is 1. The van der Waals surface area contributed by atoms with Crippen LogP contribution < -0.4 is 15.7 Å². The molecule has 0 unspecified atom stereocenters. The van der Waals surface area contributed by atoms with Crippen LogP contribution in [0.1, 0.15) is 15.9 Å². The molecule has 1 N–H and O–H groups in total. The molecule has 0 fully saturated rings. The van der Waals surface area contributed by atoms with Crippen LogP contribution >= 0.6 is 11.3 Å². The van der Waals surface area contributed by atoms with E-state index in [1.165, 1.54) is 11.3 Å². The Kier molecular flexibility index (Phi) is 4.67. The highest BCUT2D eigenvalue weighted by Gasteiger charge is 2.14. The number of methoxy groups -OCH3 is 1. The van der Waals surface area contributed by atoms with E-state index in [1.807, 2.05) is 19.1 Å². The fourth-order valence-corrected chi connectivity index (χ4v) is 3.44. The highest BCUT2D eigenvalue weighted by atomic mass is 32.1. The van der Waals surface area contributed by atoms with E-state index in [0.717, 1.165) is 10.9 Å². The van der Waals surface area contributed by atoms with Crippen LogP contribution in [-0.2, 0) is 0 Å². The molecule has 1 amide bonds. The molecule has 0 aliphatic carbocycles. The highest BCUT2D eigenvalue weighted by Crippen LogP contribution is 2.27. The van der Waals surface area contributed by atoms with Gasteiger partial charge in [-0.15, -0.1) is 11.3 Å². The lowest BCUT2D eigenvalue weighted by atomic mass is 10.1. The zero-order valence-electron chi connectivity index (χ0n) is 15.2. The molecule has 2 aromatic heterocycles. The van der Waals surface area contributed by atoms with E-state index in [-0.39, 0.29) is 5.91 Å². The average molecular weight is 392 g/mol. The predicted molar refractivity (Wildman–Crippen MR) is 109 cm³/mol. The molecule has 0 atom stereocenters. The molecule has 6 nitrogen and oxygen atoms in total. The summed E-state index contributed by atoms with van der Waals surface area (Å²) in [5.74, 6) is 0.410. The van der Waals surface area contributed by atoms with Gasteiger partial charge in [0.1, 0.15) is 11.3 Å². The Hall–Kier alpha value is -3.45. The number of hydrogen-bond acceptors (Lipinski definition) is 6. The van der Waals surface area contributed by atoms with Gasteiger partial charge in [-0.3, -0.25) is 10.1 Å². The molecule has 0 aliphatic heterocycles. The molecule has 0 bridgehead atoms. The van der Waals surface area contributed by atoms with Crippen molar-refractivity contribution in [2.75, 3.05) is 12.4 Å². The van der Waals surface area contributed by atoms with Crippen LogP contribution in [0.15, 0.2) is 63.1 Å². The molecule has 2 heterocycles. The first-order chi connectivity index (χ1) is 13.5. The van der Waals surface area contributed by atoms with Gasteiger partial charge in [0.2, 0.25) is 0 Å². The van der Waals surface area contributed by atoms with Crippen molar-refractivity contribution in [2.45, 2.75) is 6.92 Å². The fourth-order valence-electron chi connectivity index (χ4n) is 2.74. The normalized spacial score (nSPS) is 10.8. The lowest BCUT2D eigenvalue weighted by Crippen LogP contribution is -2.11. The molecule has 0 radical (unpaired) electrons. The molecule has 4 aromatic rings. The number of fused-ring (bicyclic) bond motifs is 1. The standard InChI is InChI=1S/C21H16N2O4S/c1-12-3-5-13(6-4-12)19(24)23-21-22-17(11-28-21)16-10-14-9-15(26-2)7-8-18(14)27-20(16)25/h3-11H,1-2H3,(H,22,23,24). The van der Waals surface area contributed by atoms with E-state index < -0.39 is 5.63 Å². The van der Waals surface area contributed by atoms with Gasteiger partial charge in [0, 0.05) is 16.3 Å². The maximum absolute atomic E-state index is 12.4. The Morgan fingerprint density at radius 3 is 2.68 bits per heavy atom. The number of hydrogen-bond donors (Lipinski definition) is 1. The number of carbonyl (C=O) groups is 1. The first-order valence-corrected chi connectivity index (χ1v) is 9.37. The Labute approximate surface area is 164 Å². The summed E-state index contributed by atoms with van der Waals surface area (Å²) in [5.41, 5.74) is 2.37. The Bertz CT molecular complexity index is 1230. The summed E-state index contributed by atoms with van der Waals surface area (Å²) < 4.78 is 10.6. The largest absolute Gasteiger partial charge is 0.497 e. The van der Waals surface area contributed by atoms with Crippen LogP contribution in [0.4, 0.5) is 5.13 Å². The predicted octanol–water partition coefficient (Wildman–Crippen LogP) is 4.49. The van der Waals surface area contributed by atoms with E-state index in [9.17, 15) is 9.59 Å². The maximum atomic E-state index is 12.4. The van der Waals surface area contributed by atoms with Crippen LogP contribution in [0.25, 0.3) is 22.2 Å². The van der Waals surface area contributed by atoms with Crippen molar-refractivity contribution in [1.29, 1.82) is 0 Å². The van der Waals surface area contributed by atoms with Gasteiger partial charge in [0.05, 0.1) is 18.4 Å². The molecule has 7 heteroatoms. The number of benzene rings is 2. The Morgan fingerprint density at radius 1 is 1.14 bits per heavy atom. The summed E-state index contributed by atoms with van der Waals surface area (Å²) in [4.78, 5) is 29.1. The van der Waals surface area contributed by atoms with E-state index in [2.05, 4.69) is 10.3 Å². The van der Waals surface area contributed by atoms with Gasteiger partial charge in [-0.1, -0.05) is 17.7 Å². The molecular formula is C21H16N2O4S. The second-order valence-corrected chi connectivity index (χ2v) is 7.07. The number of ether oxygens (including phenoxy) is 1. The molecule has 140 valence electrons. The van der Waals surface area contributed by atoms with Gasteiger partial charge in [0.15, 0.2) is 5.13 Å². The maximum Gasteiger partial charge on any atom is 0.345 e. The van der Waals surface area contributed by atoms with Crippen LogP contribution in [0.5, 0.6) is 5.75 Å². The molecule has 0 saturated carbocycles. The van der Waals surface area contributed by atoms with Crippen molar-refractivity contribution in [3.05, 3.63) is 75.5 Å². The highest BCUT2D eigenvalue weighted by molar-refractivity contribution is 7.14. The smallest absolute Gasteiger partial charge is 0.345 e. The minimum absolute atomic E-state index is 0.254. The molecule has 28 heavy (non-hydrogen) atoms. The third-order valence-corrected chi connectivity index (χ3v) is 5.01. The minimum Gasteiger partial charge on any atom is -0.497 e. The number of rotatable bonds is 4. The second-order valence-electron chi connectivity index (χ2n) is 6.21. The number of aryl methyl sites for hydroxylation is 1. The van der Waals surface area contributed by atoms with E-state index in [4.69, 9.17) is 9.15 Å². The average Bonchev–Trinajstić information content (AvgIpc) is 3.15. The number of aromatic nitrogens is 1. The summed E-state index contributed by atoms with van der Waals surface area (Å²) in [6.45, 7) is 1.96. The molecule has 0 spiro atoms. The zero-order chi connectivity index (χ0) is 19.7. The SMILES string of the molecule is COc1ccc2oc(=O)c(-c3csc(NC(=O)c4ccc(C)cc4)n3)cc2c1. The van der Waals surface area contributed by atoms with E-state index in [0.29, 0.717) is 33.3 Å². The Balaban J connectivity index is 1.63. The topological polar surface area (TPSA) is 81.4 Å². The van der Waals surface area contributed by atoms with Gasteiger partial charge in [-0.25, -0.2) is 9.78 Å². The number of thiazole rings is 1. The molecule has 0 aliphatic rings. The van der Waals surface area contributed by atoms with Crippen LogP contribution in [0.2, 0.25) is 0 Å². The lowest BCUT2D eigenvalue weighted by Gasteiger charge is -2.03. The van der Waals surface area contributed by atoms with E-state index >= 15 is 0 Å². The number of nitrogens with zero attached hydrogens (tertiary/aromatic N) is 1. The van der Waals surface area contributed by atoms with Gasteiger partial charge in [0.25, 0.3) is 5.91 Å². The summed E-state index contributed by atoms with van der Waals surface area (Å²) in [6.07, 6.45) is 0. The lowest BCUT2D eigenvalue weighted by molar-refractivity contribution is 0.102. The van der Waals surface area contributed by atoms with Gasteiger partial charge in [-0.05, 0) is 43.3 Å². The number of carbonyl (C=O) groups excluding carboxylic acids is 1. The molecule has 2 aromatic carbocycles. The Morgan fingerprint density at radius 2 is 1.93 bits per heavy atom. The number of anilines is 1. The van der Waals surface area contributed by atoms with Crippen molar-refractivity contribution in [2.24, 2.45) is 0 Å². The van der Waals surface area contributed by atoms with Crippen molar-refractivity contribution in [1.82, 2.24) is 4.98 Å². The third kappa shape index (κ3) is 3.52. The third-order valence-electron chi connectivity index (χ3n) is 4.25. The summed E-state index contributed by atoms with van der Waals surface area (Å²) in [7, 11) is 1.57. The first-order valence-electron chi connectivity index (χ1n) is 8.49. The fraction of sp³-hybridized carbons (Fsp3) is 0.0952. The molecule has 0 saturated heterocycles. The van der Waals surface area contributed by atoms with Crippen LogP contribution in [-0.4, -0.2) is 18.0 Å². The number of amides is 1. The minimum atomic E-state index is -0.487. The summed E-state index contributed by atoms with van der Waals surface area (Å²) >= 11 is 1.24.